The van der Waals surface area contributed by atoms with E-state index in [0.29, 0.717) is 17.4 Å². The highest BCUT2D eigenvalue weighted by Crippen LogP contribution is 2.31. The summed E-state index contributed by atoms with van der Waals surface area (Å²) in [5.74, 6) is 3.61. The van der Waals surface area contributed by atoms with Crippen molar-refractivity contribution < 1.29 is 0 Å². The maximum absolute atomic E-state index is 11.9. The van der Waals surface area contributed by atoms with E-state index in [9.17, 15) is 4.79 Å². The first kappa shape index (κ1) is 12.2. The maximum atomic E-state index is 11.9. The number of hydrogen-bond donors (Lipinski definition) is 1. The van der Waals surface area contributed by atoms with E-state index in [4.69, 9.17) is 6.42 Å². The summed E-state index contributed by atoms with van der Waals surface area (Å²) in [6, 6.07) is 3.56. The van der Waals surface area contributed by atoms with Crippen LogP contribution in [0.15, 0.2) is 16.9 Å². The van der Waals surface area contributed by atoms with E-state index in [1.807, 2.05) is 10.6 Å². The molecule has 17 heavy (non-hydrogen) atoms. The molecule has 0 amide bonds. The molecule has 0 radical (unpaired) electrons. The molecular weight excluding hydrogens is 236 g/mol. The van der Waals surface area contributed by atoms with Crippen LogP contribution in [0.3, 0.4) is 0 Å². The van der Waals surface area contributed by atoms with Gasteiger partial charge in [-0.1, -0.05) is 5.92 Å². The Kier molecular flexibility index (Phi) is 3.28. The number of aromatic nitrogens is 1. The van der Waals surface area contributed by atoms with Gasteiger partial charge in [0.05, 0.1) is 0 Å². The zero-order valence-electron chi connectivity index (χ0n) is 9.48. The van der Waals surface area contributed by atoms with Crippen LogP contribution in [-0.2, 0) is 6.54 Å². The zero-order valence-corrected chi connectivity index (χ0v) is 10.3. The number of nitrogens with zero attached hydrogens (tertiary/aromatic N) is 1. The van der Waals surface area contributed by atoms with Crippen molar-refractivity contribution in [3.8, 4) is 12.3 Å². The number of hydrogen-bond acceptors (Lipinski definition) is 2. The summed E-state index contributed by atoms with van der Waals surface area (Å²) >= 11 is 0. The summed E-state index contributed by atoms with van der Waals surface area (Å²) in [4.78, 5) is 11.9. The molecule has 4 heteroatoms. The molecule has 0 aliphatic carbocycles. The number of pyridine rings is 1. The number of terminal acetylenes is 1. The Morgan fingerprint density at radius 3 is 3.00 bits per heavy atom. The number of rotatable bonds is 0. The van der Waals surface area contributed by atoms with E-state index >= 15 is 0 Å². The zero-order chi connectivity index (χ0) is 11.1. The van der Waals surface area contributed by atoms with Gasteiger partial charge in [-0.2, -0.15) is 0 Å². The van der Waals surface area contributed by atoms with Gasteiger partial charge in [0.1, 0.15) is 0 Å². The second kappa shape index (κ2) is 4.56. The minimum atomic E-state index is 0. The van der Waals surface area contributed by atoms with Gasteiger partial charge in [0, 0.05) is 36.3 Å². The van der Waals surface area contributed by atoms with Crippen LogP contribution in [0.2, 0.25) is 0 Å². The molecule has 1 N–H and O–H groups in total. The summed E-state index contributed by atoms with van der Waals surface area (Å²) in [7, 11) is 0. The summed E-state index contributed by atoms with van der Waals surface area (Å²) in [5, 5.41) is 3.42. The van der Waals surface area contributed by atoms with E-state index in [1.54, 1.807) is 6.07 Å². The van der Waals surface area contributed by atoms with Crippen molar-refractivity contribution in [1.82, 2.24) is 9.88 Å². The van der Waals surface area contributed by atoms with E-state index in [2.05, 4.69) is 11.2 Å². The number of fused-ring (bicyclic) bond motifs is 4. The second-order valence-electron chi connectivity index (χ2n) is 4.72. The van der Waals surface area contributed by atoms with Crippen LogP contribution in [0.4, 0.5) is 0 Å². The minimum absolute atomic E-state index is 0. The van der Waals surface area contributed by atoms with Gasteiger partial charge in [0.25, 0.3) is 5.56 Å². The lowest BCUT2D eigenvalue weighted by Gasteiger charge is -2.37. The molecule has 1 aromatic heterocycles. The SMILES string of the molecule is C#Cc1cc2n(c(=O)c1)CC1CNC[C@@H]2C1.Cl. The first-order valence-corrected chi connectivity index (χ1v) is 5.70. The summed E-state index contributed by atoms with van der Waals surface area (Å²) in [5.41, 5.74) is 1.88. The third kappa shape index (κ3) is 1.99. The topological polar surface area (TPSA) is 34.0 Å². The predicted molar refractivity (Wildman–Crippen MR) is 69.6 cm³/mol. The highest BCUT2D eigenvalue weighted by Gasteiger charge is 2.30. The molecule has 1 fully saturated rings. The monoisotopic (exact) mass is 250 g/mol. The lowest BCUT2D eigenvalue weighted by atomic mass is 9.84. The first-order chi connectivity index (χ1) is 7.78. The van der Waals surface area contributed by atoms with Crippen LogP contribution >= 0.6 is 12.4 Å². The molecule has 1 aromatic rings. The third-order valence-electron chi connectivity index (χ3n) is 3.63. The van der Waals surface area contributed by atoms with Crippen molar-refractivity contribution in [2.75, 3.05) is 13.1 Å². The van der Waals surface area contributed by atoms with E-state index in [0.717, 1.165) is 25.3 Å². The summed E-state index contributed by atoms with van der Waals surface area (Å²) in [6.07, 6.45) is 6.55. The molecule has 1 saturated heterocycles. The standard InChI is InChI=1S/C13H14N2O.ClH/c1-2-9-4-12-11-3-10(6-14-7-11)8-15(12)13(16)5-9;/h1,4-5,10-11,14H,3,6-8H2;1H/t10?,11-;/m0./s1. The van der Waals surface area contributed by atoms with E-state index < -0.39 is 0 Å². The molecule has 90 valence electrons. The average molecular weight is 251 g/mol. The Labute approximate surface area is 107 Å². The van der Waals surface area contributed by atoms with Crippen molar-refractivity contribution in [3.63, 3.8) is 0 Å². The molecule has 2 bridgehead atoms. The summed E-state index contributed by atoms with van der Waals surface area (Å²) in [6.45, 7) is 2.83. The van der Waals surface area contributed by atoms with Crippen LogP contribution in [0.1, 0.15) is 23.6 Å². The molecule has 0 aromatic carbocycles. The van der Waals surface area contributed by atoms with Gasteiger partial charge in [-0.05, 0) is 24.9 Å². The van der Waals surface area contributed by atoms with Gasteiger partial charge >= 0.3 is 0 Å². The molecule has 0 spiro atoms. The largest absolute Gasteiger partial charge is 0.316 e. The molecule has 3 heterocycles. The molecular formula is C13H15ClN2O. The first-order valence-electron chi connectivity index (χ1n) is 5.70. The fraction of sp³-hybridized carbons (Fsp3) is 0.462. The number of piperidine rings is 1. The lowest BCUT2D eigenvalue weighted by Crippen LogP contribution is -2.44. The van der Waals surface area contributed by atoms with Gasteiger partial charge in [0.15, 0.2) is 0 Å². The second-order valence-corrected chi connectivity index (χ2v) is 4.72. The quantitative estimate of drug-likeness (QED) is 0.696. The van der Waals surface area contributed by atoms with Crippen LogP contribution in [-0.4, -0.2) is 17.7 Å². The van der Waals surface area contributed by atoms with Gasteiger partial charge in [-0.15, -0.1) is 18.8 Å². The van der Waals surface area contributed by atoms with Gasteiger partial charge < -0.3 is 9.88 Å². The molecule has 1 unspecified atom stereocenters. The van der Waals surface area contributed by atoms with Gasteiger partial charge in [0.2, 0.25) is 0 Å². The molecule has 2 aliphatic heterocycles. The fourth-order valence-corrected chi connectivity index (χ4v) is 2.89. The van der Waals surface area contributed by atoms with Crippen LogP contribution in [0.5, 0.6) is 0 Å². The van der Waals surface area contributed by atoms with E-state index in [1.165, 1.54) is 6.42 Å². The fourth-order valence-electron chi connectivity index (χ4n) is 2.89. The lowest BCUT2D eigenvalue weighted by molar-refractivity contribution is 0.257. The molecule has 3 nitrogen and oxygen atoms in total. The van der Waals surface area contributed by atoms with Crippen molar-refractivity contribution in [1.29, 1.82) is 0 Å². The molecule has 0 saturated carbocycles. The van der Waals surface area contributed by atoms with Crippen LogP contribution < -0.4 is 10.9 Å². The molecule has 2 aliphatic rings. The smallest absolute Gasteiger partial charge is 0.251 e. The Hall–Kier alpha value is -1.24. The number of halogens is 1. The van der Waals surface area contributed by atoms with Gasteiger partial charge in [-0.25, -0.2) is 0 Å². The highest BCUT2D eigenvalue weighted by molar-refractivity contribution is 5.85. The third-order valence-corrected chi connectivity index (χ3v) is 3.63. The Morgan fingerprint density at radius 2 is 2.24 bits per heavy atom. The van der Waals surface area contributed by atoms with Crippen molar-refractivity contribution >= 4 is 12.4 Å². The van der Waals surface area contributed by atoms with Crippen LogP contribution in [0, 0.1) is 18.3 Å². The normalized spacial score (nSPS) is 25.4. The van der Waals surface area contributed by atoms with Crippen LogP contribution in [0.25, 0.3) is 0 Å². The van der Waals surface area contributed by atoms with E-state index in [-0.39, 0.29) is 18.0 Å². The average Bonchev–Trinajstić information content (AvgIpc) is 2.31. The highest BCUT2D eigenvalue weighted by atomic mass is 35.5. The van der Waals surface area contributed by atoms with Crippen molar-refractivity contribution in [2.45, 2.75) is 18.9 Å². The Morgan fingerprint density at radius 1 is 1.41 bits per heavy atom. The van der Waals surface area contributed by atoms with Gasteiger partial charge in [-0.3, -0.25) is 4.79 Å². The van der Waals surface area contributed by atoms with Crippen molar-refractivity contribution in [2.24, 2.45) is 5.92 Å². The summed E-state index contributed by atoms with van der Waals surface area (Å²) < 4.78 is 1.90. The minimum Gasteiger partial charge on any atom is -0.316 e. The van der Waals surface area contributed by atoms with Crippen molar-refractivity contribution in [3.05, 3.63) is 33.7 Å². The number of nitrogens with one attached hydrogen (secondary N) is 1. The Bertz CT molecular complexity index is 529. The maximum Gasteiger partial charge on any atom is 0.251 e. The Balaban J connectivity index is 0.00000108. The predicted octanol–water partition coefficient (Wildman–Crippen LogP) is 0.958. The molecule has 2 atom stereocenters. The molecule has 3 rings (SSSR count).